The first-order valence-electron chi connectivity index (χ1n) is 6.49. The molecule has 0 aliphatic heterocycles. The zero-order valence-electron chi connectivity index (χ0n) is 10.8. The molecule has 0 radical (unpaired) electrons. The summed E-state index contributed by atoms with van der Waals surface area (Å²) in [6.07, 6.45) is 1.31. The first-order chi connectivity index (χ1) is 8.79. The summed E-state index contributed by atoms with van der Waals surface area (Å²) in [5, 5.41) is 4.55. The van der Waals surface area contributed by atoms with Crippen LogP contribution in [0.1, 0.15) is 30.0 Å². The van der Waals surface area contributed by atoms with Crippen LogP contribution in [0.15, 0.2) is 30.3 Å². The lowest BCUT2D eigenvalue weighted by Gasteiger charge is -2.00. The Hall–Kier alpha value is -1.19. The van der Waals surface area contributed by atoms with Gasteiger partial charge >= 0.3 is 0 Å². The van der Waals surface area contributed by atoms with E-state index in [1.54, 1.807) is 0 Å². The second kappa shape index (κ2) is 4.82. The standard InChI is InChI=1S/C15H18N2S/c1-10-8-12(10)15-17-13(9-16-2)14(18-15)11-6-4-3-5-7-11/h3-7,10,12,16H,8-9H2,1-2H3. The Kier molecular flexibility index (Phi) is 3.18. The summed E-state index contributed by atoms with van der Waals surface area (Å²) in [6.45, 7) is 3.16. The van der Waals surface area contributed by atoms with E-state index in [2.05, 4.69) is 42.6 Å². The number of aromatic nitrogens is 1. The van der Waals surface area contributed by atoms with Crippen molar-refractivity contribution in [3.63, 3.8) is 0 Å². The molecule has 1 N–H and O–H groups in total. The number of hydrogen-bond acceptors (Lipinski definition) is 3. The fourth-order valence-electron chi connectivity index (χ4n) is 2.30. The molecule has 1 aliphatic rings. The van der Waals surface area contributed by atoms with E-state index in [-0.39, 0.29) is 0 Å². The van der Waals surface area contributed by atoms with Gasteiger partial charge in [-0.3, -0.25) is 0 Å². The average molecular weight is 258 g/mol. The maximum atomic E-state index is 4.84. The van der Waals surface area contributed by atoms with Crippen LogP contribution in [0, 0.1) is 5.92 Å². The van der Waals surface area contributed by atoms with Gasteiger partial charge in [0.05, 0.1) is 15.6 Å². The Labute approximate surface area is 112 Å². The summed E-state index contributed by atoms with van der Waals surface area (Å²) in [7, 11) is 1.98. The van der Waals surface area contributed by atoms with Crippen molar-refractivity contribution in [2.24, 2.45) is 5.92 Å². The van der Waals surface area contributed by atoms with Crippen molar-refractivity contribution in [1.82, 2.24) is 10.3 Å². The highest BCUT2D eigenvalue weighted by Gasteiger charge is 2.37. The van der Waals surface area contributed by atoms with Crippen molar-refractivity contribution in [2.75, 3.05) is 7.05 Å². The van der Waals surface area contributed by atoms with Gasteiger partial charge in [-0.1, -0.05) is 37.3 Å². The van der Waals surface area contributed by atoms with E-state index < -0.39 is 0 Å². The normalized spacial score (nSPS) is 22.1. The zero-order chi connectivity index (χ0) is 12.5. The molecule has 2 aromatic rings. The van der Waals surface area contributed by atoms with Crippen molar-refractivity contribution in [3.05, 3.63) is 41.0 Å². The molecule has 1 fully saturated rings. The fraction of sp³-hybridized carbons (Fsp3) is 0.400. The van der Waals surface area contributed by atoms with Crippen LogP contribution in [0.2, 0.25) is 0 Å². The van der Waals surface area contributed by atoms with Gasteiger partial charge in [-0.2, -0.15) is 0 Å². The van der Waals surface area contributed by atoms with Gasteiger partial charge in [0.1, 0.15) is 0 Å². The molecule has 0 spiro atoms. The van der Waals surface area contributed by atoms with E-state index >= 15 is 0 Å². The third-order valence-electron chi connectivity index (χ3n) is 3.52. The SMILES string of the molecule is CNCc1nc(C2CC2C)sc1-c1ccccc1. The van der Waals surface area contributed by atoms with Crippen LogP contribution in [0.5, 0.6) is 0 Å². The van der Waals surface area contributed by atoms with Crippen molar-refractivity contribution in [2.45, 2.75) is 25.8 Å². The van der Waals surface area contributed by atoms with Crippen LogP contribution in [-0.2, 0) is 6.54 Å². The van der Waals surface area contributed by atoms with Gasteiger partial charge in [0.25, 0.3) is 0 Å². The highest BCUT2D eigenvalue weighted by molar-refractivity contribution is 7.15. The fourth-order valence-corrected chi connectivity index (χ4v) is 3.63. The Bertz CT molecular complexity index is 533. The minimum absolute atomic E-state index is 0.711. The summed E-state index contributed by atoms with van der Waals surface area (Å²) in [5.41, 5.74) is 2.49. The maximum Gasteiger partial charge on any atom is 0.0969 e. The lowest BCUT2D eigenvalue weighted by atomic mass is 10.1. The van der Waals surface area contributed by atoms with Gasteiger partial charge in [0, 0.05) is 12.5 Å². The van der Waals surface area contributed by atoms with Gasteiger partial charge in [-0.25, -0.2) is 4.98 Å². The molecule has 0 saturated heterocycles. The average Bonchev–Trinajstić information content (AvgIpc) is 2.98. The number of thiazole rings is 1. The van der Waals surface area contributed by atoms with Crippen LogP contribution in [0.4, 0.5) is 0 Å². The summed E-state index contributed by atoms with van der Waals surface area (Å²) < 4.78 is 0. The summed E-state index contributed by atoms with van der Waals surface area (Å²) in [6, 6.07) is 10.6. The van der Waals surface area contributed by atoms with Crippen LogP contribution in [0.3, 0.4) is 0 Å². The third kappa shape index (κ3) is 2.20. The molecule has 1 aromatic heterocycles. The molecule has 1 aliphatic carbocycles. The summed E-state index contributed by atoms with van der Waals surface area (Å²) >= 11 is 1.88. The number of nitrogens with zero attached hydrogens (tertiary/aromatic N) is 1. The van der Waals surface area contributed by atoms with Crippen molar-refractivity contribution >= 4 is 11.3 Å². The number of rotatable bonds is 4. The van der Waals surface area contributed by atoms with Crippen LogP contribution in [0.25, 0.3) is 10.4 Å². The summed E-state index contributed by atoms with van der Waals surface area (Å²) in [5.74, 6) is 1.53. The van der Waals surface area contributed by atoms with E-state index in [4.69, 9.17) is 4.98 Å². The Morgan fingerprint density at radius 2 is 2.06 bits per heavy atom. The highest BCUT2D eigenvalue weighted by atomic mass is 32.1. The number of benzene rings is 1. The molecule has 1 aromatic carbocycles. The number of hydrogen-bond donors (Lipinski definition) is 1. The topological polar surface area (TPSA) is 24.9 Å². The Morgan fingerprint density at radius 1 is 1.33 bits per heavy atom. The quantitative estimate of drug-likeness (QED) is 0.905. The molecule has 1 heterocycles. The van der Waals surface area contributed by atoms with Crippen LogP contribution in [-0.4, -0.2) is 12.0 Å². The van der Waals surface area contributed by atoms with Crippen molar-refractivity contribution in [1.29, 1.82) is 0 Å². The zero-order valence-corrected chi connectivity index (χ0v) is 11.6. The Morgan fingerprint density at radius 3 is 2.67 bits per heavy atom. The van der Waals surface area contributed by atoms with Gasteiger partial charge in [0.15, 0.2) is 0 Å². The minimum atomic E-state index is 0.711. The molecule has 0 amide bonds. The smallest absolute Gasteiger partial charge is 0.0969 e. The van der Waals surface area contributed by atoms with Gasteiger partial charge in [0.2, 0.25) is 0 Å². The molecule has 3 heteroatoms. The predicted molar refractivity (Wildman–Crippen MR) is 76.8 cm³/mol. The first-order valence-corrected chi connectivity index (χ1v) is 7.31. The second-order valence-corrected chi connectivity index (χ2v) is 6.07. The molecule has 3 rings (SSSR count). The first kappa shape index (κ1) is 11.9. The molecular formula is C15H18N2S. The molecule has 2 nitrogen and oxygen atoms in total. The molecule has 2 atom stereocenters. The minimum Gasteiger partial charge on any atom is -0.314 e. The van der Waals surface area contributed by atoms with Crippen LogP contribution >= 0.6 is 11.3 Å². The van der Waals surface area contributed by atoms with Crippen LogP contribution < -0.4 is 5.32 Å². The monoisotopic (exact) mass is 258 g/mol. The largest absolute Gasteiger partial charge is 0.314 e. The summed E-state index contributed by atoms with van der Waals surface area (Å²) in [4.78, 5) is 6.18. The van der Waals surface area contributed by atoms with Gasteiger partial charge < -0.3 is 5.32 Å². The lowest BCUT2D eigenvalue weighted by Crippen LogP contribution is -2.06. The molecule has 2 unspecified atom stereocenters. The van der Waals surface area contributed by atoms with E-state index in [0.29, 0.717) is 5.92 Å². The molecule has 18 heavy (non-hydrogen) atoms. The maximum absolute atomic E-state index is 4.84. The third-order valence-corrected chi connectivity index (χ3v) is 4.80. The highest BCUT2D eigenvalue weighted by Crippen LogP contribution is 2.49. The second-order valence-electron chi connectivity index (χ2n) is 5.04. The van der Waals surface area contributed by atoms with Crippen molar-refractivity contribution < 1.29 is 0 Å². The predicted octanol–water partition coefficient (Wildman–Crippen LogP) is 3.65. The van der Waals surface area contributed by atoms with Crippen molar-refractivity contribution in [3.8, 4) is 10.4 Å². The lowest BCUT2D eigenvalue weighted by molar-refractivity contribution is 0.789. The molecule has 0 bridgehead atoms. The van der Waals surface area contributed by atoms with Gasteiger partial charge in [-0.15, -0.1) is 11.3 Å². The Balaban J connectivity index is 1.99. The van der Waals surface area contributed by atoms with E-state index in [1.165, 1.54) is 27.6 Å². The molecule has 94 valence electrons. The van der Waals surface area contributed by atoms with E-state index in [9.17, 15) is 0 Å². The molecular weight excluding hydrogens is 240 g/mol. The number of nitrogens with one attached hydrogen (secondary N) is 1. The molecule has 1 saturated carbocycles. The van der Waals surface area contributed by atoms with Gasteiger partial charge in [-0.05, 0) is 24.9 Å². The van der Waals surface area contributed by atoms with E-state index in [0.717, 1.165) is 12.5 Å². The van der Waals surface area contributed by atoms with E-state index in [1.807, 2.05) is 18.4 Å².